The Hall–Kier alpha value is -4.31. The molecule has 2 fully saturated rings. The molecule has 13 heteroatoms. The fraction of sp³-hybridized carbons (Fsp3) is 0.484. The number of hydrogen-bond acceptors (Lipinski definition) is 7. The lowest BCUT2D eigenvalue weighted by Crippen LogP contribution is -3.12. The summed E-state index contributed by atoms with van der Waals surface area (Å²) in [7, 11) is 0. The van der Waals surface area contributed by atoms with Gasteiger partial charge in [-0.25, -0.2) is 4.79 Å². The van der Waals surface area contributed by atoms with Gasteiger partial charge in [-0.2, -0.15) is 18.4 Å². The fourth-order valence-corrected chi connectivity index (χ4v) is 5.40. The van der Waals surface area contributed by atoms with E-state index in [4.69, 9.17) is 24.5 Å². The van der Waals surface area contributed by atoms with E-state index in [1.807, 2.05) is 44.7 Å². The molecule has 0 bridgehead atoms. The monoisotopic (exact) mass is 619 g/mol. The van der Waals surface area contributed by atoms with Gasteiger partial charge in [0.05, 0.1) is 30.9 Å². The number of aliphatic carboxylic acids is 1. The first-order valence-electron chi connectivity index (χ1n) is 14.2. The SMILES string of the molecule is CC(C)Oc1cc(C[NH+]2CCC3(CC2)CC(=O)N(c2ccc(C(=O)O)cc2)C3)cc(OC(C)C)c1C#N.O=C([O-])C(F)(F)F. The Morgan fingerprint density at radius 2 is 1.57 bits per heavy atom. The maximum Gasteiger partial charge on any atom is 0.430 e. The first-order chi connectivity index (χ1) is 20.5. The van der Waals surface area contributed by atoms with Gasteiger partial charge in [-0.3, -0.25) is 4.79 Å². The zero-order valence-electron chi connectivity index (χ0n) is 25.0. The number of quaternary nitrogens is 1. The van der Waals surface area contributed by atoms with Crippen LogP contribution in [0.2, 0.25) is 0 Å². The number of nitriles is 1. The zero-order chi connectivity index (χ0) is 32.8. The summed E-state index contributed by atoms with van der Waals surface area (Å²) >= 11 is 0. The van der Waals surface area contributed by atoms with Crippen LogP contribution in [-0.2, 0) is 16.1 Å². The van der Waals surface area contributed by atoms with Gasteiger partial charge in [-0.15, -0.1) is 0 Å². The van der Waals surface area contributed by atoms with E-state index >= 15 is 0 Å². The third-order valence-electron chi connectivity index (χ3n) is 7.41. The number of ether oxygens (including phenoxy) is 2. The van der Waals surface area contributed by atoms with E-state index in [9.17, 15) is 28.0 Å². The van der Waals surface area contributed by atoms with Crippen molar-refractivity contribution in [3.8, 4) is 17.6 Å². The van der Waals surface area contributed by atoms with Gasteiger partial charge in [-0.05, 0) is 64.1 Å². The highest BCUT2D eigenvalue weighted by Gasteiger charge is 2.46. The molecule has 1 amide bonds. The number of carboxylic acid groups (broad SMARTS) is 2. The predicted octanol–water partition coefficient (Wildman–Crippen LogP) is 2.73. The number of halogens is 3. The van der Waals surface area contributed by atoms with Crippen LogP contribution in [0.15, 0.2) is 36.4 Å². The van der Waals surface area contributed by atoms with Crippen LogP contribution in [0.5, 0.6) is 11.5 Å². The molecule has 2 aromatic rings. The minimum atomic E-state index is -5.19. The number of hydrogen-bond donors (Lipinski definition) is 2. The molecule has 2 aliphatic rings. The van der Waals surface area contributed by atoms with E-state index in [0.717, 1.165) is 43.7 Å². The number of nitrogens with zero attached hydrogens (tertiary/aromatic N) is 2. The van der Waals surface area contributed by atoms with Crippen LogP contribution in [0.25, 0.3) is 0 Å². The summed E-state index contributed by atoms with van der Waals surface area (Å²) in [5.74, 6) is -2.76. The van der Waals surface area contributed by atoms with Crippen LogP contribution < -0.4 is 24.4 Å². The lowest BCUT2D eigenvalue weighted by atomic mass is 9.77. The summed E-state index contributed by atoms with van der Waals surface area (Å²) in [5.41, 5.74) is 2.43. The van der Waals surface area contributed by atoms with Crippen LogP contribution in [0.4, 0.5) is 18.9 Å². The standard InChI is InChI=1S/C29H35N3O5.C2HF3O2/c1-19(2)36-25-13-21(14-26(24(25)16-30)37-20(3)4)17-31-11-9-29(10-12-31)15-27(33)32(18-29)23-7-5-22(6-8-23)28(34)35;3-2(4,5)1(6)7/h5-8,13-14,19-20H,9-12,15,17-18H2,1-4H3,(H,34,35);(H,6,7). The quantitative estimate of drug-likeness (QED) is 0.459. The minimum Gasteiger partial charge on any atom is -0.542 e. The largest absolute Gasteiger partial charge is 0.542 e. The maximum atomic E-state index is 12.9. The van der Waals surface area contributed by atoms with E-state index in [1.165, 1.54) is 4.90 Å². The number of carboxylic acids is 2. The number of piperidine rings is 1. The van der Waals surface area contributed by atoms with E-state index in [2.05, 4.69) is 6.07 Å². The van der Waals surface area contributed by atoms with Gasteiger partial charge in [0.15, 0.2) is 0 Å². The van der Waals surface area contributed by atoms with Crippen molar-refractivity contribution < 1.29 is 52.1 Å². The highest BCUT2D eigenvalue weighted by Crippen LogP contribution is 2.40. The second kappa shape index (κ2) is 14.0. The fourth-order valence-electron chi connectivity index (χ4n) is 5.40. The van der Waals surface area contributed by atoms with Crippen LogP contribution in [0.1, 0.15) is 68.4 Å². The number of likely N-dealkylation sites (tertiary alicyclic amines) is 1. The summed E-state index contributed by atoms with van der Waals surface area (Å²) in [6.07, 6.45) is -2.90. The molecule has 1 spiro atoms. The number of benzene rings is 2. The normalized spacial score (nSPS) is 19.9. The Balaban J connectivity index is 0.000000676. The molecule has 0 atom stereocenters. The summed E-state index contributed by atoms with van der Waals surface area (Å²) in [6.45, 7) is 11.1. The average Bonchev–Trinajstić information content (AvgIpc) is 3.24. The Bertz CT molecular complexity index is 1360. The van der Waals surface area contributed by atoms with Gasteiger partial charge >= 0.3 is 12.1 Å². The number of nitrogens with one attached hydrogen (secondary N) is 1. The van der Waals surface area contributed by atoms with Crippen molar-refractivity contribution >= 4 is 23.5 Å². The molecular weight excluding hydrogens is 583 g/mol. The summed E-state index contributed by atoms with van der Waals surface area (Å²) in [5, 5.41) is 27.7. The molecule has 0 aliphatic carbocycles. The molecule has 0 radical (unpaired) electrons. The number of alkyl halides is 3. The third kappa shape index (κ3) is 8.86. The molecule has 2 aromatic carbocycles. The lowest BCUT2D eigenvalue weighted by molar-refractivity contribution is -0.921. The number of amides is 1. The number of aromatic carboxylic acids is 1. The summed E-state index contributed by atoms with van der Waals surface area (Å²) in [4.78, 5) is 36.1. The van der Waals surface area contributed by atoms with Crippen molar-refractivity contribution in [1.29, 1.82) is 5.26 Å². The number of carbonyl (C=O) groups excluding carboxylic acids is 2. The summed E-state index contributed by atoms with van der Waals surface area (Å²) < 4.78 is 43.5. The first-order valence-corrected chi connectivity index (χ1v) is 14.2. The average molecular weight is 620 g/mol. The van der Waals surface area contributed by atoms with Gasteiger partial charge in [0.2, 0.25) is 5.91 Å². The van der Waals surface area contributed by atoms with Crippen molar-refractivity contribution in [2.75, 3.05) is 24.5 Å². The molecule has 44 heavy (non-hydrogen) atoms. The molecule has 238 valence electrons. The Morgan fingerprint density at radius 1 is 1.07 bits per heavy atom. The maximum absolute atomic E-state index is 12.9. The minimum absolute atomic E-state index is 0.0471. The second-order valence-corrected chi connectivity index (χ2v) is 11.6. The third-order valence-corrected chi connectivity index (χ3v) is 7.41. The van der Waals surface area contributed by atoms with E-state index in [-0.39, 0.29) is 29.1 Å². The van der Waals surface area contributed by atoms with Crippen LogP contribution >= 0.6 is 0 Å². The lowest BCUT2D eigenvalue weighted by Gasteiger charge is -2.36. The van der Waals surface area contributed by atoms with Crippen LogP contribution in [0.3, 0.4) is 0 Å². The smallest absolute Gasteiger partial charge is 0.430 e. The van der Waals surface area contributed by atoms with Gasteiger partial charge in [0.1, 0.15) is 35.6 Å². The van der Waals surface area contributed by atoms with Crippen molar-refractivity contribution in [2.45, 2.75) is 71.9 Å². The van der Waals surface area contributed by atoms with Crippen molar-refractivity contribution in [3.05, 3.63) is 53.1 Å². The molecule has 2 N–H and O–H groups in total. The molecule has 2 saturated heterocycles. The van der Waals surface area contributed by atoms with Crippen LogP contribution in [-0.4, -0.2) is 61.0 Å². The molecule has 10 nitrogen and oxygen atoms in total. The zero-order valence-corrected chi connectivity index (χ0v) is 25.0. The number of anilines is 1. The molecular formula is C31H36F3N3O7. The number of rotatable bonds is 8. The molecule has 0 aromatic heterocycles. The highest BCUT2D eigenvalue weighted by atomic mass is 19.4. The predicted molar refractivity (Wildman–Crippen MR) is 150 cm³/mol. The van der Waals surface area contributed by atoms with Crippen LogP contribution in [0, 0.1) is 16.7 Å². The number of carbonyl (C=O) groups is 3. The molecule has 0 saturated carbocycles. The van der Waals surface area contributed by atoms with Crippen molar-refractivity contribution in [2.24, 2.45) is 5.41 Å². The Labute approximate surface area is 253 Å². The Kier molecular flexibility index (Phi) is 10.9. The van der Waals surface area contributed by atoms with Gasteiger partial charge in [0.25, 0.3) is 0 Å². The van der Waals surface area contributed by atoms with Crippen molar-refractivity contribution in [1.82, 2.24) is 0 Å². The highest BCUT2D eigenvalue weighted by molar-refractivity contribution is 5.97. The van der Waals surface area contributed by atoms with E-state index in [1.54, 1.807) is 24.3 Å². The molecule has 2 aliphatic heterocycles. The Morgan fingerprint density at radius 3 is 1.98 bits per heavy atom. The van der Waals surface area contributed by atoms with Gasteiger partial charge < -0.3 is 34.3 Å². The van der Waals surface area contributed by atoms with Gasteiger partial charge in [-0.1, -0.05) is 0 Å². The second-order valence-electron chi connectivity index (χ2n) is 11.6. The topological polar surface area (TPSA) is 144 Å². The molecule has 2 heterocycles. The van der Waals surface area contributed by atoms with Crippen molar-refractivity contribution in [3.63, 3.8) is 0 Å². The van der Waals surface area contributed by atoms with E-state index in [0.29, 0.717) is 30.0 Å². The first kappa shape index (κ1) is 34.2. The molecule has 0 unspecified atom stereocenters. The van der Waals surface area contributed by atoms with Gasteiger partial charge in [0, 0.05) is 42.5 Å². The summed E-state index contributed by atoms with van der Waals surface area (Å²) in [6, 6.07) is 12.7. The molecule has 4 rings (SSSR count). The van der Waals surface area contributed by atoms with E-state index < -0.39 is 18.1 Å².